The summed E-state index contributed by atoms with van der Waals surface area (Å²) in [6.45, 7) is 0. The van der Waals surface area contributed by atoms with Crippen molar-refractivity contribution in [2.45, 2.75) is 0 Å². The van der Waals surface area contributed by atoms with Gasteiger partial charge < -0.3 is 4.42 Å². The molecular weight excluding hydrogens is 574 g/mol. The molecule has 0 atom stereocenters. The number of hydrogen-bond donors (Lipinski definition) is 0. The van der Waals surface area contributed by atoms with Gasteiger partial charge in [-0.05, 0) is 45.2 Å². The number of nitrogens with zero attached hydrogens (tertiary/aromatic N) is 3. The third kappa shape index (κ3) is 4.75. The molecule has 0 amide bonds. The van der Waals surface area contributed by atoms with Crippen LogP contribution in [0.25, 0.3) is 89.1 Å². The van der Waals surface area contributed by atoms with Gasteiger partial charge in [-0.2, -0.15) is 0 Å². The lowest BCUT2D eigenvalue weighted by atomic mass is 9.93. The normalized spacial score (nSPS) is 11.4. The summed E-state index contributed by atoms with van der Waals surface area (Å²) in [4.78, 5) is 15.2. The third-order valence-electron chi connectivity index (χ3n) is 8.76. The SMILES string of the molecule is c1ccc(-c2ccc(-c3nc(-c4ccccc4)nc(-c4cccc5oc6cccc(-c7cccc8ccccc78)c6c45)n3)cc2)cc1. The fraction of sp³-hybridized carbons (Fsp3) is 0. The van der Waals surface area contributed by atoms with Crippen molar-refractivity contribution in [3.63, 3.8) is 0 Å². The number of fused-ring (bicyclic) bond motifs is 4. The average molecular weight is 602 g/mol. The quantitative estimate of drug-likeness (QED) is 0.197. The van der Waals surface area contributed by atoms with Gasteiger partial charge in [-0.1, -0.05) is 152 Å². The molecule has 4 heteroatoms. The van der Waals surface area contributed by atoms with E-state index in [-0.39, 0.29) is 0 Å². The number of hydrogen-bond acceptors (Lipinski definition) is 4. The Morgan fingerprint density at radius 1 is 0.319 bits per heavy atom. The van der Waals surface area contributed by atoms with Crippen LogP contribution in [0.3, 0.4) is 0 Å². The molecule has 0 aliphatic heterocycles. The van der Waals surface area contributed by atoms with Gasteiger partial charge in [0.1, 0.15) is 11.2 Å². The molecule has 0 aliphatic rings. The van der Waals surface area contributed by atoms with Crippen molar-refractivity contribution < 1.29 is 4.42 Å². The minimum Gasteiger partial charge on any atom is -0.456 e. The zero-order valence-electron chi connectivity index (χ0n) is 25.3. The summed E-state index contributed by atoms with van der Waals surface area (Å²) in [5.41, 5.74) is 8.95. The second kappa shape index (κ2) is 11.2. The van der Waals surface area contributed by atoms with Crippen LogP contribution in [0.4, 0.5) is 0 Å². The van der Waals surface area contributed by atoms with E-state index < -0.39 is 0 Å². The molecule has 220 valence electrons. The van der Waals surface area contributed by atoms with E-state index in [0.29, 0.717) is 17.5 Å². The van der Waals surface area contributed by atoms with Crippen LogP contribution in [0, 0.1) is 0 Å². The van der Waals surface area contributed by atoms with Crippen LogP contribution in [0.2, 0.25) is 0 Å². The standard InChI is InChI=1S/C43H27N3O/c1-3-12-28(13-4-1)29-24-26-32(27-25-29)42-44-41(31-15-5-2-6-16-31)45-43(46-42)36-21-11-23-38-40(36)39-35(20-10-22-37(39)47-38)34-19-9-17-30-14-7-8-18-33(30)34/h1-27H. The molecule has 0 fully saturated rings. The van der Waals surface area contributed by atoms with Crippen molar-refractivity contribution in [1.29, 1.82) is 0 Å². The molecule has 0 spiro atoms. The monoisotopic (exact) mass is 601 g/mol. The van der Waals surface area contributed by atoms with E-state index in [1.807, 2.05) is 54.6 Å². The summed E-state index contributed by atoms with van der Waals surface area (Å²) in [6.07, 6.45) is 0. The lowest BCUT2D eigenvalue weighted by Gasteiger charge is -2.11. The zero-order valence-corrected chi connectivity index (χ0v) is 25.3. The molecule has 0 radical (unpaired) electrons. The van der Waals surface area contributed by atoms with Gasteiger partial charge in [0, 0.05) is 27.5 Å². The molecule has 0 N–H and O–H groups in total. The van der Waals surface area contributed by atoms with E-state index in [9.17, 15) is 0 Å². The summed E-state index contributed by atoms with van der Waals surface area (Å²) >= 11 is 0. The van der Waals surface area contributed by atoms with Crippen LogP contribution in [0.5, 0.6) is 0 Å². The van der Waals surface area contributed by atoms with E-state index >= 15 is 0 Å². The van der Waals surface area contributed by atoms with Gasteiger partial charge in [0.15, 0.2) is 17.5 Å². The van der Waals surface area contributed by atoms with Gasteiger partial charge >= 0.3 is 0 Å². The number of aromatic nitrogens is 3. The van der Waals surface area contributed by atoms with Gasteiger partial charge in [-0.3, -0.25) is 0 Å². The zero-order chi connectivity index (χ0) is 31.2. The molecule has 0 bridgehead atoms. The molecule has 0 aliphatic carbocycles. The van der Waals surface area contributed by atoms with Crippen molar-refractivity contribution in [1.82, 2.24) is 15.0 Å². The van der Waals surface area contributed by atoms with Crippen molar-refractivity contribution in [3.8, 4) is 56.4 Å². The van der Waals surface area contributed by atoms with Gasteiger partial charge in [0.2, 0.25) is 0 Å². The van der Waals surface area contributed by atoms with Crippen LogP contribution in [-0.2, 0) is 0 Å². The fourth-order valence-corrected chi connectivity index (χ4v) is 6.52. The lowest BCUT2D eigenvalue weighted by Crippen LogP contribution is -2.00. The number of furan rings is 1. The Kier molecular flexibility index (Phi) is 6.43. The summed E-state index contributed by atoms with van der Waals surface area (Å²) in [7, 11) is 0. The lowest BCUT2D eigenvalue weighted by molar-refractivity contribution is 0.669. The Bertz CT molecular complexity index is 2550. The van der Waals surface area contributed by atoms with Gasteiger partial charge in [-0.15, -0.1) is 0 Å². The summed E-state index contributed by atoms with van der Waals surface area (Å²) < 4.78 is 6.50. The maximum atomic E-state index is 6.50. The predicted octanol–water partition coefficient (Wildman–Crippen LogP) is 11.3. The molecule has 9 aromatic rings. The molecule has 2 aromatic heterocycles. The Hall–Kier alpha value is -6.39. The Morgan fingerprint density at radius 2 is 0.787 bits per heavy atom. The van der Waals surface area contributed by atoms with Crippen LogP contribution in [0.1, 0.15) is 0 Å². The maximum Gasteiger partial charge on any atom is 0.164 e. The Balaban J connectivity index is 1.28. The second-order valence-electron chi connectivity index (χ2n) is 11.6. The van der Waals surface area contributed by atoms with Crippen molar-refractivity contribution in [3.05, 3.63) is 164 Å². The van der Waals surface area contributed by atoms with Crippen molar-refractivity contribution >= 4 is 32.7 Å². The van der Waals surface area contributed by atoms with E-state index in [0.717, 1.165) is 55.3 Å². The van der Waals surface area contributed by atoms with Crippen molar-refractivity contribution in [2.75, 3.05) is 0 Å². The maximum absolute atomic E-state index is 6.50. The van der Waals surface area contributed by atoms with Crippen LogP contribution in [-0.4, -0.2) is 15.0 Å². The molecule has 9 rings (SSSR count). The van der Waals surface area contributed by atoms with Crippen LogP contribution < -0.4 is 0 Å². The summed E-state index contributed by atoms with van der Waals surface area (Å²) in [5.74, 6) is 1.84. The summed E-state index contributed by atoms with van der Waals surface area (Å²) in [6, 6.07) is 56.2. The van der Waals surface area contributed by atoms with E-state index in [1.165, 1.54) is 16.3 Å². The van der Waals surface area contributed by atoms with Gasteiger partial charge in [0.05, 0.1) is 0 Å². The van der Waals surface area contributed by atoms with E-state index in [2.05, 4.69) is 109 Å². The van der Waals surface area contributed by atoms with E-state index in [4.69, 9.17) is 19.4 Å². The first-order valence-electron chi connectivity index (χ1n) is 15.7. The highest BCUT2D eigenvalue weighted by Crippen LogP contribution is 2.42. The van der Waals surface area contributed by atoms with Crippen LogP contribution >= 0.6 is 0 Å². The smallest absolute Gasteiger partial charge is 0.164 e. The molecule has 4 nitrogen and oxygen atoms in total. The molecule has 0 saturated carbocycles. The molecule has 0 saturated heterocycles. The average Bonchev–Trinajstić information content (AvgIpc) is 3.55. The first kappa shape index (κ1) is 27.0. The Morgan fingerprint density at radius 3 is 1.51 bits per heavy atom. The highest BCUT2D eigenvalue weighted by molar-refractivity contribution is 6.19. The molecule has 47 heavy (non-hydrogen) atoms. The van der Waals surface area contributed by atoms with Gasteiger partial charge in [0.25, 0.3) is 0 Å². The number of benzene rings is 7. The van der Waals surface area contributed by atoms with E-state index in [1.54, 1.807) is 0 Å². The third-order valence-corrected chi connectivity index (χ3v) is 8.76. The first-order chi connectivity index (χ1) is 23.3. The molecule has 0 unspecified atom stereocenters. The molecule has 7 aromatic carbocycles. The predicted molar refractivity (Wildman–Crippen MR) is 192 cm³/mol. The minimum absolute atomic E-state index is 0.599. The van der Waals surface area contributed by atoms with Crippen molar-refractivity contribution in [2.24, 2.45) is 0 Å². The highest BCUT2D eigenvalue weighted by Gasteiger charge is 2.20. The second-order valence-corrected chi connectivity index (χ2v) is 11.6. The van der Waals surface area contributed by atoms with Crippen LogP contribution in [0.15, 0.2) is 168 Å². The fourth-order valence-electron chi connectivity index (χ4n) is 6.52. The highest BCUT2D eigenvalue weighted by atomic mass is 16.3. The topological polar surface area (TPSA) is 51.8 Å². The summed E-state index contributed by atoms with van der Waals surface area (Å²) in [5, 5.41) is 4.43. The molecular formula is C43H27N3O. The largest absolute Gasteiger partial charge is 0.456 e. The first-order valence-corrected chi connectivity index (χ1v) is 15.7. The minimum atomic E-state index is 0.599. The van der Waals surface area contributed by atoms with Gasteiger partial charge in [-0.25, -0.2) is 15.0 Å². The molecule has 2 heterocycles. The Labute approximate surface area is 271 Å². The number of rotatable bonds is 5.